The smallest absolute Gasteiger partial charge is 0.294 e. The first-order chi connectivity index (χ1) is 10.5. The van der Waals surface area contributed by atoms with Gasteiger partial charge in [0.05, 0.1) is 4.90 Å². The maximum Gasteiger partial charge on any atom is 0.294 e. The van der Waals surface area contributed by atoms with E-state index in [0.29, 0.717) is 5.92 Å². The first kappa shape index (κ1) is 15.2. The molecule has 0 aromatic heterocycles. The molecule has 0 bridgehead atoms. The second-order valence-corrected chi connectivity index (χ2v) is 7.07. The van der Waals surface area contributed by atoms with Gasteiger partial charge in [0.15, 0.2) is 0 Å². The molecule has 1 saturated heterocycles. The average molecular weight is 317 g/mol. The van der Waals surface area contributed by atoms with E-state index in [1.807, 2.05) is 12.1 Å². The van der Waals surface area contributed by atoms with Crippen LogP contribution in [0.3, 0.4) is 0 Å². The first-order valence-electron chi connectivity index (χ1n) is 7.43. The number of hydrogen-bond acceptors (Lipinski definition) is 3. The van der Waals surface area contributed by atoms with Crippen molar-refractivity contribution in [1.29, 1.82) is 0 Å². The molecule has 0 spiro atoms. The van der Waals surface area contributed by atoms with Gasteiger partial charge in [-0.1, -0.05) is 36.4 Å². The van der Waals surface area contributed by atoms with Crippen LogP contribution in [0.1, 0.15) is 24.3 Å². The Morgan fingerprint density at radius 2 is 1.64 bits per heavy atom. The predicted molar refractivity (Wildman–Crippen MR) is 86.5 cm³/mol. The fourth-order valence-electron chi connectivity index (χ4n) is 2.95. The molecule has 3 rings (SSSR count). The van der Waals surface area contributed by atoms with Crippen LogP contribution in [-0.4, -0.2) is 26.1 Å². The molecule has 0 unspecified atom stereocenters. The molecule has 0 saturated carbocycles. The van der Waals surface area contributed by atoms with Crippen LogP contribution < -0.4 is 5.32 Å². The van der Waals surface area contributed by atoms with Gasteiger partial charge >= 0.3 is 0 Å². The number of nitrogens with one attached hydrogen (secondary N) is 1. The summed E-state index contributed by atoms with van der Waals surface area (Å²) in [7, 11) is -4.13. The average Bonchev–Trinajstić information content (AvgIpc) is 2.55. The Morgan fingerprint density at radius 3 is 2.27 bits per heavy atom. The lowest BCUT2D eigenvalue weighted by Gasteiger charge is -2.23. The molecule has 4 nitrogen and oxygen atoms in total. The number of rotatable bonds is 3. The molecule has 5 heteroatoms. The van der Waals surface area contributed by atoms with Gasteiger partial charge in [0, 0.05) is 0 Å². The van der Waals surface area contributed by atoms with E-state index in [9.17, 15) is 8.42 Å². The van der Waals surface area contributed by atoms with E-state index in [2.05, 4.69) is 17.4 Å². The molecule has 2 aromatic carbocycles. The Labute approximate surface area is 130 Å². The number of hydrogen-bond donors (Lipinski definition) is 2. The van der Waals surface area contributed by atoms with Crippen molar-refractivity contribution in [3.05, 3.63) is 54.1 Å². The SMILES string of the molecule is O=S(=O)(O)c1ccc(-c2cccc(C3CCNCC3)c2)cc1. The molecule has 116 valence electrons. The van der Waals surface area contributed by atoms with Gasteiger partial charge in [0.2, 0.25) is 0 Å². The van der Waals surface area contributed by atoms with E-state index in [-0.39, 0.29) is 4.90 Å². The van der Waals surface area contributed by atoms with Crippen molar-refractivity contribution < 1.29 is 13.0 Å². The van der Waals surface area contributed by atoms with Gasteiger partial charge in [-0.3, -0.25) is 4.55 Å². The largest absolute Gasteiger partial charge is 0.317 e. The van der Waals surface area contributed by atoms with Crippen molar-refractivity contribution >= 4 is 10.1 Å². The van der Waals surface area contributed by atoms with E-state index >= 15 is 0 Å². The molecular weight excluding hydrogens is 298 g/mol. The quantitative estimate of drug-likeness (QED) is 0.854. The van der Waals surface area contributed by atoms with Gasteiger partial charge in [-0.25, -0.2) is 0 Å². The van der Waals surface area contributed by atoms with Gasteiger partial charge in [0.25, 0.3) is 10.1 Å². The Morgan fingerprint density at radius 1 is 0.955 bits per heavy atom. The lowest BCUT2D eigenvalue weighted by Crippen LogP contribution is -2.26. The first-order valence-corrected chi connectivity index (χ1v) is 8.87. The minimum Gasteiger partial charge on any atom is -0.317 e. The second-order valence-electron chi connectivity index (χ2n) is 5.65. The molecule has 0 aliphatic carbocycles. The van der Waals surface area contributed by atoms with E-state index in [1.54, 1.807) is 12.1 Å². The fourth-order valence-corrected chi connectivity index (χ4v) is 3.43. The minimum atomic E-state index is -4.13. The Balaban J connectivity index is 1.88. The van der Waals surface area contributed by atoms with Crippen LogP contribution in [0, 0.1) is 0 Å². The lowest BCUT2D eigenvalue weighted by atomic mass is 9.88. The highest BCUT2D eigenvalue weighted by Crippen LogP contribution is 2.29. The summed E-state index contributed by atoms with van der Waals surface area (Å²) in [6.07, 6.45) is 2.29. The van der Waals surface area contributed by atoms with Crippen LogP contribution in [-0.2, 0) is 10.1 Å². The summed E-state index contributed by atoms with van der Waals surface area (Å²) in [5.41, 5.74) is 3.35. The summed E-state index contributed by atoms with van der Waals surface area (Å²) in [5, 5.41) is 3.37. The van der Waals surface area contributed by atoms with Gasteiger partial charge in [-0.2, -0.15) is 8.42 Å². The normalized spacial score (nSPS) is 16.6. The second kappa shape index (κ2) is 6.20. The summed E-state index contributed by atoms with van der Waals surface area (Å²) in [4.78, 5) is -0.0780. The van der Waals surface area contributed by atoms with Crippen LogP contribution in [0.15, 0.2) is 53.4 Å². The van der Waals surface area contributed by atoms with Crippen LogP contribution >= 0.6 is 0 Å². The summed E-state index contributed by atoms with van der Waals surface area (Å²) in [6.45, 7) is 2.11. The lowest BCUT2D eigenvalue weighted by molar-refractivity contribution is 0.460. The standard InChI is InChI=1S/C17H19NO3S/c19-22(20,21)17-6-4-13(5-7-17)15-2-1-3-16(12-15)14-8-10-18-11-9-14/h1-7,12,14,18H,8-11H2,(H,19,20,21). The zero-order valence-corrected chi connectivity index (χ0v) is 13.0. The molecule has 1 aliphatic rings. The molecule has 22 heavy (non-hydrogen) atoms. The van der Waals surface area contributed by atoms with E-state index in [1.165, 1.54) is 17.7 Å². The van der Waals surface area contributed by atoms with Crippen molar-refractivity contribution in [1.82, 2.24) is 5.32 Å². The van der Waals surface area contributed by atoms with Gasteiger partial charge in [-0.05, 0) is 60.7 Å². The predicted octanol–water partition coefficient (Wildman–Crippen LogP) is 3.07. The number of piperidine rings is 1. The molecular formula is C17H19NO3S. The molecule has 0 radical (unpaired) electrons. The topological polar surface area (TPSA) is 66.4 Å². The van der Waals surface area contributed by atoms with Crippen molar-refractivity contribution in [2.45, 2.75) is 23.7 Å². The van der Waals surface area contributed by atoms with Gasteiger partial charge < -0.3 is 5.32 Å². The van der Waals surface area contributed by atoms with E-state index in [4.69, 9.17) is 4.55 Å². The highest BCUT2D eigenvalue weighted by Gasteiger charge is 2.15. The molecule has 1 aliphatic heterocycles. The van der Waals surface area contributed by atoms with Gasteiger partial charge in [-0.15, -0.1) is 0 Å². The zero-order valence-electron chi connectivity index (χ0n) is 12.2. The summed E-state index contributed by atoms with van der Waals surface area (Å²) >= 11 is 0. The van der Waals surface area contributed by atoms with Crippen molar-refractivity contribution in [3.8, 4) is 11.1 Å². The maximum absolute atomic E-state index is 11.1. The molecule has 2 N–H and O–H groups in total. The van der Waals surface area contributed by atoms with Crippen LogP contribution in [0.25, 0.3) is 11.1 Å². The van der Waals surface area contributed by atoms with Crippen LogP contribution in [0.5, 0.6) is 0 Å². The highest BCUT2D eigenvalue weighted by atomic mass is 32.2. The van der Waals surface area contributed by atoms with Crippen molar-refractivity contribution in [3.63, 3.8) is 0 Å². The Hall–Kier alpha value is -1.69. The molecule has 1 fully saturated rings. The van der Waals surface area contributed by atoms with Crippen LogP contribution in [0.2, 0.25) is 0 Å². The van der Waals surface area contributed by atoms with Crippen molar-refractivity contribution in [2.75, 3.05) is 13.1 Å². The molecule has 0 amide bonds. The highest BCUT2D eigenvalue weighted by molar-refractivity contribution is 7.85. The third kappa shape index (κ3) is 3.38. The third-order valence-electron chi connectivity index (χ3n) is 4.18. The van der Waals surface area contributed by atoms with Crippen LogP contribution in [0.4, 0.5) is 0 Å². The van der Waals surface area contributed by atoms with Gasteiger partial charge in [0.1, 0.15) is 0 Å². The minimum absolute atomic E-state index is 0.0780. The molecule has 1 heterocycles. The maximum atomic E-state index is 11.1. The monoisotopic (exact) mass is 317 g/mol. The number of benzene rings is 2. The third-order valence-corrected chi connectivity index (χ3v) is 5.05. The molecule has 0 atom stereocenters. The summed E-state index contributed by atoms with van der Waals surface area (Å²) < 4.78 is 31.2. The Kier molecular flexibility index (Phi) is 4.29. The molecule has 2 aromatic rings. The summed E-state index contributed by atoms with van der Waals surface area (Å²) in [5.74, 6) is 0.582. The zero-order chi connectivity index (χ0) is 15.6. The van der Waals surface area contributed by atoms with E-state index in [0.717, 1.165) is 37.1 Å². The summed E-state index contributed by atoms with van der Waals surface area (Å²) in [6, 6.07) is 14.7. The van der Waals surface area contributed by atoms with E-state index < -0.39 is 10.1 Å². The Bertz CT molecular complexity index is 748. The van der Waals surface area contributed by atoms with Crippen molar-refractivity contribution in [2.24, 2.45) is 0 Å². The fraction of sp³-hybridized carbons (Fsp3) is 0.294.